The number of nitrogens with two attached hydrogens (primary N) is 1. The molecule has 0 spiro atoms. The van der Waals surface area contributed by atoms with Crippen LogP contribution >= 0.6 is 15.9 Å². The third kappa shape index (κ3) is 2.59. The lowest BCUT2D eigenvalue weighted by Gasteiger charge is -2.18. The van der Waals surface area contributed by atoms with Crippen LogP contribution in [0.3, 0.4) is 0 Å². The minimum Gasteiger partial charge on any atom is -0.330 e. The van der Waals surface area contributed by atoms with Crippen LogP contribution in [0.1, 0.15) is 28.4 Å². The molecule has 0 fully saturated rings. The molecular formula is C16H16BrN3O. The Hall–Kier alpha value is -1.72. The zero-order chi connectivity index (χ0) is 14.8. The molecule has 0 saturated carbocycles. The van der Waals surface area contributed by atoms with Gasteiger partial charge >= 0.3 is 0 Å². The van der Waals surface area contributed by atoms with Crippen molar-refractivity contribution in [3.05, 3.63) is 58.3 Å². The number of nitrogens with zero attached hydrogens (tertiary/aromatic N) is 2. The molecule has 1 unspecified atom stereocenters. The van der Waals surface area contributed by atoms with Crippen molar-refractivity contribution >= 4 is 27.5 Å². The molecule has 108 valence electrons. The van der Waals surface area contributed by atoms with Gasteiger partial charge in [0.05, 0.1) is 0 Å². The molecule has 0 bridgehead atoms. The van der Waals surface area contributed by atoms with Gasteiger partial charge in [0.15, 0.2) is 0 Å². The second-order valence-corrected chi connectivity index (χ2v) is 5.94. The lowest BCUT2D eigenvalue weighted by molar-refractivity contribution is 0.0982. The van der Waals surface area contributed by atoms with E-state index in [1.807, 2.05) is 29.2 Å². The highest BCUT2D eigenvalue weighted by Crippen LogP contribution is 2.38. The fraction of sp³-hybridized carbons (Fsp3) is 0.250. The third-order valence-electron chi connectivity index (χ3n) is 3.79. The summed E-state index contributed by atoms with van der Waals surface area (Å²) < 4.78 is 0.717. The summed E-state index contributed by atoms with van der Waals surface area (Å²) in [5, 5.41) is 0. The third-order valence-corrected chi connectivity index (χ3v) is 4.43. The quantitative estimate of drug-likeness (QED) is 0.930. The van der Waals surface area contributed by atoms with E-state index >= 15 is 0 Å². The largest absolute Gasteiger partial charge is 0.330 e. The molecular weight excluding hydrogens is 330 g/mol. The Morgan fingerprint density at radius 3 is 2.90 bits per heavy atom. The summed E-state index contributed by atoms with van der Waals surface area (Å²) in [4.78, 5) is 18.8. The molecule has 21 heavy (non-hydrogen) atoms. The van der Waals surface area contributed by atoms with Crippen molar-refractivity contribution in [3.63, 3.8) is 0 Å². The number of aromatic nitrogens is 1. The molecule has 2 heterocycles. The number of rotatable bonds is 3. The zero-order valence-electron chi connectivity index (χ0n) is 11.5. The van der Waals surface area contributed by atoms with Crippen LogP contribution in [0.15, 0.2) is 47.1 Å². The van der Waals surface area contributed by atoms with E-state index < -0.39 is 0 Å². The van der Waals surface area contributed by atoms with Gasteiger partial charge in [-0.1, -0.05) is 18.2 Å². The molecule has 1 aliphatic rings. The smallest absolute Gasteiger partial charge is 0.278 e. The highest BCUT2D eigenvalue weighted by Gasteiger charge is 2.33. The van der Waals surface area contributed by atoms with Crippen LogP contribution in [0, 0.1) is 0 Å². The van der Waals surface area contributed by atoms with E-state index in [1.54, 1.807) is 12.3 Å². The summed E-state index contributed by atoms with van der Waals surface area (Å²) in [6.45, 7) is 1.28. The second kappa shape index (κ2) is 5.95. The molecule has 1 aromatic carbocycles. The van der Waals surface area contributed by atoms with E-state index in [0.29, 0.717) is 24.7 Å². The standard InChI is InChI=1S/C16H16BrN3O/c17-13-5-3-9-19-15(13)16(21)20-10-11(7-8-18)12-4-1-2-6-14(12)20/h1-6,9,11H,7-8,10,18H2. The summed E-state index contributed by atoms with van der Waals surface area (Å²) in [6, 6.07) is 11.7. The van der Waals surface area contributed by atoms with Gasteiger partial charge in [0, 0.05) is 28.8 Å². The molecule has 1 atom stereocenters. The predicted molar refractivity (Wildman–Crippen MR) is 86.5 cm³/mol. The lowest BCUT2D eigenvalue weighted by atomic mass is 9.98. The summed E-state index contributed by atoms with van der Waals surface area (Å²) >= 11 is 3.40. The first-order chi connectivity index (χ1) is 10.2. The van der Waals surface area contributed by atoms with Crippen LogP contribution in [-0.4, -0.2) is 24.0 Å². The molecule has 5 heteroatoms. The first kappa shape index (κ1) is 14.2. The van der Waals surface area contributed by atoms with Gasteiger partial charge in [-0.05, 0) is 52.7 Å². The fourth-order valence-corrected chi connectivity index (χ4v) is 3.23. The average Bonchev–Trinajstić information content (AvgIpc) is 2.87. The van der Waals surface area contributed by atoms with Crippen LogP contribution in [0.5, 0.6) is 0 Å². The molecule has 1 aliphatic heterocycles. The van der Waals surface area contributed by atoms with Gasteiger partial charge < -0.3 is 10.6 Å². The molecule has 4 nitrogen and oxygen atoms in total. The summed E-state index contributed by atoms with van der Waals surface area (Å²) in [5.41, 5.74) is 8.31. The van der Waals surface area contributed by atoms with Crippen LogP contribution < -0.4 is 10.6 Å². The molecule has 0 aliphatic carbocycles. The van der Waals surface area contributed by atoms with Gasteiger partial charge in [0.1, 0.15) is 5.69 Å². The fourth-order valence-electron chi connectivity index (χ4n) is 2.81. The van der Waals surface area contributed by atoms with Crippen LogP contribution in [0.2, 0.25) is 0 Å². The minimum absolute atomic E-state index is 0.0746. The van der Waals surface area contributed by atoms with Gasteiger partial charge in [-0.15, -0.1) is 0 Å². The van der Waals surface area contributed by atoms with E-state index in [-0.39, 0.29) is 5.91 Å². The van der Waals surface area contributed by atoms with Gasteiger partial charge in [0.25, 0.3) is 5.91 Å². The van der Waals surface area contributed by atoms with Crippen LogP contribution in [-0.2, 0) is 0 Å². The number of benzene rings is 1. The SMILES string of the molecule is NCCC1CN(C(=O)c2ncccc2Br)c2ccccc21. The Morgan fingerprint density at radius 1 is 1.33 bits per heavy atom. The normalized spacial score (nSPS) is 16.9. The van der Waals surface area contributed by atoms with Crippen molar-refractivity contribution in [2.24, 2.45) is 5.73 Å². The number of fused-ring (bicyclic) bond motifs is 1. The molecule has 1 amide bonds. The Bertz CT molecular complexity index is 674. The van der Waals surface area contributed by atoms with E-state index in [0.717, 1.165) is 16.6 Å². The summed E-state index contributed by atoms with van der Waals surface area (Å²) in [6.07, 6.45) is 2.52. The van der Waals surface area contributed by atoms with Crippen molar-refractivity contribution < 1.29 is 4.79 Å². The maximum Gasteiger partial charge on any atom is 0.278 e. The lowest BCUT2D eigenvalue weighted by Crippen LogP contribution is -2.31. The second-order valence-electron chi connectivity index (χ2n) is 5.08. The Balaban J connectivity index is 1.97. The summed E-state index contributed by atoms with van der Waals surface area (Å²) in [7, 11) is 0. The van der Waals surface area contributed by atoms with Crippen molar-refractivity contribution in [1.29, 1.82) is 0 Å². The van der Waals surface area contributed by atoms with Gasteiger partial charge in [-0.3, -0.25) is 4.79 Å². The minimum atomic E-state index is -0.0746. The number of anilines is 1. The highest BCUT2D eigenvalue weighted by atomic mass is 79.9. The maximum absolute atomic E-state index is 12.8. The van der Waals surface area contributed by atoms with E-state index in [1.165, 1.54) is 5.56 Å². The first-order valence-corrected chi connectivity index (χ1v) is 7.73. The number of carbonyl (C=O) groups excluding carboxylic acids is 1. The topological polar surface area (TPSA) is 59.2 Å². The number of pyridine rings is 1. The van der Waals surface area contributed by atoms with E-state index in [2.05, 4.69) is 27.0 Å². The molecule has 2 aromatic rings. The van der Waals surface area contributed by atoms with Gasteiger partial charge in [-0.2, -0.15) is 0 Å². The molecule has 3 rings (SSSR count). The number of hydrogen-bond acceptors (Lipinski definition) is 3. The van der Waals surface area contributed by atoms with Crippen molar-refractivity contribution in [2.45, 2.75) is 12.3 Å². The number of para-hydroxylation sites is 1. The number of hydrogen-bond donors (Lipinski definition) is 1. The molecule has 2 N–H and O–H groups in total. The van der Waals surface area contributed by atoms with E-state index in [4.69, 9.17) is 5.73 Å². The van der Waals surface area contributed by atoms with Gasteiger partial charge in [0.2, 0.25) is 0 Å². The molecule has 1 aromatic heterocycles. The number of carbonyl (C=O) groups is 1. The van der Waals surface area contributed by atoms with E-state index in [9.17, 15) is 4.79 Å². The van der Waals surface area contributed by atoms with Crippen molar-refractivity contribution in [2.75, 3.05) is 18.0 Å². The average molecular weight is 346 g/mol. The monoisotopic (exact) mass is 345 g/mol. The Morgan fingerprint density at radius 2 is 2.14 bits per heavy atom. The van der Waals surface area contributed by atoms with Crippen LogP contribution in [0.25, 0.3) is 0 Å². The van der Waals surface area contributed by atoms with Gasteiger partial charge in [-0.25, -0.2) is 4.98 Å². The zero-order valence-corrected chi connectivity index (χ0v) is 13.1. The molecule has 0 radical (unpaired) electrons. The number of halogens is 1. The van der Waals surface area contributed by atoms with Crippen molar-refractivity contribution in [3.8, 4) is 0 Å². The molecule has 0 saturated heterocycles. The summed E-state index contributed by atoms with van der Waals surface area (Å²) in [5.74, 6) is 0.229. The highest BCUT2D eigenvalue weighted by molar-refractivity contribution is 9.10. The Labute approximate surface area is 132 Å². The maximum atomic E-state index is 12.8. The number of amides is 1. The van der Waals surface area contributed by atoms with Crippen molar-refractivity contribution in [1.82, 2.24) is 4.98 Å². The predicted octanol–water partition coefficient (Wildman–Crippen LogP) is 2.94. The Kier molecular flexibility index (Phi) is 4.03. The van der Waals surface area contributed by atoms with Crippen LogP contribution in [0.4, 0.5) is 5.69 Å². The first-order valence-electron chi connectivity index (χ1n) is 6.93.